The summed E-state index contributed by atoms with van der Waals surface area (Å²) in [7, 11) is 3.40. The number of hydrogen-bond acceptors (Lipinski definition) is 11. The number of aliphatic hydroxyl groups excluding tert-OH is 4. The Morgan fingerprint density at radius 3 is 2.68 bits per heavy atom. The molecular weight excluding hydrogens is 759 g/mol. The van der Waals surface area contributed by atoms with Gasteiger partial charge in [0.15, 0.2) is 5.78 Å². The Labute approximate surface area is 347 Å². The number of Topliss-reactive ketones (excluding diaryl/α,β-unsaturated/α-hetero) is 1. The SMILES string of the molecule is C=C(/C=C/C=C(/CO)[C@H]1C[C@H]2CSSCC/C(C(=O)Cc3cccc4c3[C@@H](NC[C@H](C)O)C(=O)N[C@@H]4N)=C3\CC[C@@](C)(O)[C@]2([C@@H]3CCCO)[C@@H]1O)CCC=C(C)C. The van der Waals surface area contributed by atoms with Crippen LogP contribution in [0.2, 0.25) is 0 Å². The zero-order valence-corrected chi connectivity index (χ0v) is 35.8. The molecule has 2 aliphatic heterocycles. The fourth-order valence-corrected chi connectivity index (χ4v) is 12.6. The summed E-state index contributed by atoms with van der Waals surface area (Å²) in [6.07, 6.45) is 10.0. The molecule has 314 valence electrons. The van der Waals surface area contributed by atoms with Gasteiger partial charge in [0.1, 0.15) is 12.2 Å². The molecule has 1 amide bonds. The van der Waals surface area contributed by atoms with E-state index in [1.54, 1.807) is 28.5 Å². The first-order valence-corrected chi connectivity index (χ1v) is 23.1. The molecule has 57 heavy (non-hydrogen) atoms. The topological polar surface area (TPSA) is 185 Å². The molecule has 12 heteroatoms. The molecule has 10 nitrogen and oxygen atoms in total. The van der Waals surface area contributed by atoms with Crippen molar-refractivity contribution in [2.24, 2.45) is 28.9 Å². The van der Waals surface area contributed by atoms with Gasteiger partial charge in [-0.1, -0.05) is 87.4 Å². The molecule has 0 saturated heterocycles. The molecule has 1 aromatic carbocycles. The molecule has 9 N–H and O–H groups in total. The number of nitrogens with two attached hydrogens (primary N) is 1. The molecule has 2 heterocycles. The quantitative estimate of drug-likeness (QED) is 0.0584. The first-order chi connectivity index (χ1) is 27.2. The molecule has 4 aliphatic rings. The van der Waals surface area contributed by atoms with Gasteiger partial charge in [0.25, 0.3) is 0 Å². The Kier molecular flexibility index (Phi) is 16.1. The van der Waals surface area contributed by atoms with Crippen LogP contribution in [0, 0.1) is 23.2 Å². The summed E-state index contributed by atoms with van der Waals surface area (Å²) in [5, 5.41) is 62.4. The molecule has 2 fully saturated rings. The summed E-state index contributed by atoms with van der Waals surface area (Å²) < 4.78 is 0. The van der Waals surface area contributed by atoms with E-state index in [4.69, 9.17) is 5.73 Å². The largest absolute Gasteiger partial charge is 0.396 e. The summed E-state index contributed by atoms with van der Waals surface area (Å²) in [5.41, 5.74) is 10.7. The lowest BCUT2D eigenvalue weighted by Crippen LogP contribution is -2.62. The maximum atomic E-state index is 14.9. The molecular formula is C45H65N3O7S2. The highest BCUT2D eigenvalue weighted by molar-refractivity contribution is 8.76. The minimum absolute atomic E-state index is 0.0285. The van der Waals surface area contributed by atoms with E-state index in [2.05, 4.69) is 37.1 Å². The highest BCUT2D eigenvalue weighted by Crippen LogP contribution is 2.66. The van der Waals surface area contributed by atoms with E-state index in [1.807, 2.05) is 43.4 Å². The Bertz CT molecular complexity index is 1750. The average molecular weight is 824 g/mol. The van der Waals surface area contributed by atoms with Crippen LogP contribution >= 0.6 is 21.6 Å². The van der Waals surface area contributed by atoms with Gasteiger partial charge in [-0.3, -0.25) is 14.9 Å². The standard InChI is InChI=1S/C45H65N3O7S2/c1-27(2)10-6-11-28(3)12-7-14-31(25-50)36-23-32-26-57-56-21-18-34(33-17-19-44(5,55)45(32,41(36)53)37(33)16-9-20-49)38(52)22-30-13-8-15-35-39(30)40(47-24-29(4)51)43(54)48-42(35)46/h7-8,10,12-15,29,32,36-37,40-42,47,49-51,53,55H,3,6,9,11,16-26,46H2,1-2,4-5H3,(H,48,54)/b12-7+,31-14-,34-33-/t29-,32-,36+,37+,40+,41+,42-,44+,45+/m0/s1. The third-order valence-corrected chi connectivity index (χ3v) is 15.2. The zero-order valence-electron chi connectivity index (χ0n) is 34.1. The molecule has 9 atom stereocenters. The van der Waals surface area contributed by atoms with Crippen LogP contribution in [0.4, 0.5) is 0 Å². The lowest BCUT2D eigenvalue weighted by atomic mass is 9.49. The molecule has 5 rings (SSSR count). The maximum absolute atomic E-state index is 14.9. The second kappa shape index (κ2) is 20.2. The Morgan fingerprint density at radius 2 is 1.98 bits per heavy atom. The van der Waals surface area contributed by atoms with Crippen molar-refractivity contribution in [3.63, 3.8) is 0 Å². The number of rotatable bonds is 16. The van der Waals surface area contributed by atoms with E-state index >= 15 is 0 Å². The monoisotopic (exact) mass is 823 g/mol. The van der Waals surface area contributed by atoms with Gasteiger partial charge >= 0.3 is 0 Å². The number of carbonyl (C=O) groups excluding carboxylic acids is 2. The van der Waals surface area contributed by atoms with Gasteiger partial charge in [0.2, 0.25) is 5.91 Å². The highest BCUT2D eigenvalue weighted by atomic mass is 33.1. The highest BCUT2D eigenvalue weighted by Gasteiger charge is 2.68. The number of nitrogens with one attached hydrogen (secondary N) is 2. The molecule has 2 saturated carbocycles. The average Bonchev–Trinajstić information content (AvgIpc) is 3.44. The fraction of sp³-hybridized carbons (Fsp3) is 0.600. The number of ketones is 1. The van der Waals surface area contributed by atoms with E-state index in [0.29, 0.717) is 77.9 Å². The normalized spacial score (nSPS) is 32.3. The van der Waals surface area contributed by atoms with Crippen LogP contribution in [0.3, 0.4) is 0 Å². The molecule has 1 aromatic rings. The Balaban J connectivity index is 1.57. The number of aliphatic hydroxyl groups is 5. The van der Waals surface area contributed by atoms with Gasteiger partial charge in [0, 0.05) is 42.4 Å². The number of fused-ring (bicyclic) bond motifs is 2. The van der Waals surface area contributed by atoms with Crippen LogP contribution in [0.1, 0.15) is 108 Å². The van der Waals surface area contributed by atoms with Crippen LogP contribution in [0.25, 0.3) is 0 Å². The van der Waals surface area contributed by atoms with Crippen molar-refractivity contribution < 1.29 is 35.1 Å². The number of allylic oxidation sites excluding steroid dienone is 8. The van der Waals surface area contributed by atoms with Gasteiger partial charge in [0.05, 0.1) is 24.4 Å². The number of amides is 1. The predicted octanol–water partition coefficient (Wildman–Crippen LogP) is 5.67. The minimum Gasteiger partial charge on any atom is -0.396 e. The van der Waals surface area contributed by atoms with Crippen molar-refractivity contribution in [1.29, 1.82) is 0 Å². The molecule has 0 unspecified atom stereocenters. The van der Waals surface area contributed by atoms with Gasteiger partial charge < -0.3 is 36.6 Å². The van der Waals surface area contributed by atoms with E-state index in [1.165, 1.54) is 5.57 Å². The van der Waals surface area contributed by atoms with Crippen LogP contribution in [-0.2, 0) is 16.0 Å². The Morgan fingerprint density at radius 1 is 1.21 bits per heavy atom. The zero-order chi connectivity index (χ0) is 41.5. The van der Waals surface area contributed by atoms with Crippen molar-refractivity contribution in [2.45, 2.75) is 115 Å². The first kappa shape index (κ1) is 45.6. The van der Waals surface area contributed by atoms with E-state index in [0.717, 1.165) is 24.0 Å². The van der Waals surface area contributed by atoms with Gasteiger partial charge in [-0.25, -0.2) is 0 Å². The van der Waals surface area contributed by atoms with Crippen LogP contribution in [0.15, 0.2) is 76.9 Å². The third-order valence-electron chi connectivity index (χ3n) is 12.8. The summed E-state index contributed by atoms with van der Waals surface area (Å²) in [6.45, 7) is 11.7. The second-order valence-electron chi connectivity index (χ2n) is 16.9. The summed E-state index contributed by atoms with van der Waals surface area (Å²) in [5.74, 6) is 0.0401. The number of benzene rings is 1. The Hall–Kier alpha value is -2.52. The lowest BCUT2D eigenvalue weighted by molar-refractivity contribution is -0.184. The summed E-state index contributed by atoms with van der Waals surface area (Å²) in [4.78, 5) is 28.2. The summed E-state index contributed by atoms with van der Waals surface area (Å²) >= 11 is 0. The van der Waals surface area contributed by atoms with Crippen molar-refractivity contribution in [1.82, 2.24) is 10.6 Å². The lowest BCUT2D eigenvalue weighted by Gasteiger charge is -2.58. The fourth-order valence-electron chi connectivity index (χ4n) is 10.2. The maximum Gasteiger partial charge on any atom is 0.243 e. The second-order valence-corrected chi connectivity index (χ2v) is 19.5. The van der Waals surface area contributed by atoms with Gasteiger partial charge in [-0.05, 0) is 119 Å². The van der Waals surface area contributed by atoms with Gasteiger partial charge in [-0.15, -0.1) is 0 Å². The van der Waals surface area contributed by atoms with Crippen LogP contribution < -0.4 is 16.4 Å². The molecule has 0 aromatic heterocycles. The number of carbonyl (C=O) groups is 2. The first-order valence-electron chi connectivity index (χ1n) is 20.6. The van der Waals surface area contributed by atoms with Crippen LogP contribution in [-0.4, -0.2) is 86.3 Å². The van der Waals surface area contributed by atoms with Crippen molar-refractivity contribution >= 4 is 33.3 Å². The molecule has 0 radical (unpaired) electrons. The van der Waals surface area contributed by atoms with E-state index in [-0.39, 0.29) is 43.8 Å². The third kappa shape index (κ3) is 9.93. The predicted molar refractivity (Wildman–Crippen MR) is 231 cm³/mol. The van der Waals surface area contributed by atoms with E-state index in [9.17, 15) is 35.1 Å². The van der Waals surface area contributed by atoms with E-state index < -0.39 is 47.3 Å². The van der Waals surface area contributed by atoms with Crippen molar-refractivity contribution in [3.05, 3.63) is 93.6 Å². The molecule has 2 bridgehead atoms. The summed E-state index contributed by atoms with van der Waals surface area (Å²) in [6, 6.07) is 4.77. The van der Waals surface area contributed by atoms with Crippen molar-refractivity contribution in [3.8, 4) is 0 Å². The van der Waals surface area contributed by atoms with Crippen LogP contribution in [0.5, 0.6) is 0 Å². The van der Waals surface area contributed by atoms with Crippen molar-refractivity contribution in [2.75, 3.05) is 31.3 Å². The molecule has 1 spiro atoms. The number of hydrogen-bond donors (Lipinski definition) is 8. The minimum atomic E-state index is -1.30. The smallest absolute Gasteiger partial charge is 0.243 e. The van der Waals surface area contributed by atoms with Gasteiger partial charge in [-0.2, -0.15) is 0 Å². The molecule has 2 aliphatic carbocycles.